The average molecular weight is 421 g/mol. The maximum Gasteiger partial charge on any atom is 0.261 e. The van der Waals surface area contributed by atoms with Crippen molar-refractivity contribution in [3.05, 3.63) is 39.4 Å². The summed E-state index contributed by atoms with van der Waals surface area (Å²) in [5.74, 6) is -0.358. The molecule has 0 radical (unpaired) electrons. The van der Waals surface area contributed by atoms with E-state index >= 15 is 0 Å². The van der Waals surface area contributed by atoms with Crippen LogP contribution in [0.1, 0.15) is 31.7 Å². The first-order chi connectivity index (χ1) is 13.8. The van der Waals surface area contributed by atoms with Crippen LogP contribution < -0.4 is 10.9 Å². The number of amides is 1. The van der Waals surface area contributed by atoms with Gasteiger partial charge in [-0.3, -0.25) is 23.9 Å². The highest BCUT2D eigenvalue weighted by atomic mass is 35.5. The molecular weight excluding hydrogens is 396 g/mol. The molecule has 2 heterocycles. The second-order valence-corrected chi connectivity index (χ2v) is 7.93. The van der Waals surface area contributed by atoms with Gasteiger partial charge in [-0.25, -0.2) is 4.98 Å². The maximum atomic E-state index is 12.7. The van der Waals surface area contributed by atoms with Crippen molar-refractivity contribution in [3.63, 3.8) is 0 Å². The first-order valence-corrected chi connectivity index (χ1v) is 9.97. The molecule has 3 rings (SSSR count). The van der Waals surface area contributed by atoms with Crippen LogP contribution in [-0.4, -0.2) is 56.6 Å². The SMILES string of the molecule is CC(=O)NCN1CCCC(O)C1CC(=O)Cn1cnc2cc(C)c(Cl)cc2c1=O. The molecular formula is C20H25ClN4O4. The standard InChI is InChI=1S/C20H25ClN4O4/c1-12-6-17-15(8-16(12)21)20(29)25(11-23-17)9-14(27)7-18-19(28)4-3-5-24(18)10-22-13(2)26/h6,8,11,18-19,28H,3-5,7,9-10H2,1-2H3,(H,22,26). The van der Waals surface area contributed by atoms with Gasteiger partial charge >= 0.3 is 0 Å². The molecule has 2 N–H and O–H groups in total. The van der Waals surface area contributed by atoms with Crippen molar-refractivity contribution < 1.29 is 14.7 Å². The number of likely N-dealkylation sites (tertiary alicyclic amines) is 1. The fraction of sp³-hybridized carbons (Fsp3) is 0.500. The van der Waals surface area contributed by atoms with Gasteiger partial charge < -0.3 is 10.4 Å². The molecule has 1 amide bonds. The van der Waals surface area contributed by atoms with Crippen molar-refractivity contribution in [2.75, 3.05) is 13.2 Å². The van der Waals surface area contributed by atoms with E-state index in [9.17, 15) is 19.5 Å². The average Bonchev–Trinajstić information content (AvgIpc) is 2.66. The topological polar surface area (TPSA) is 105 Å². The van der Waals surface area contributed by atoms with Crippen molar-refractivity contribution in [1.82, 2.24) is 19.8 Å². The Kier molecular flexibility index (Phi) is 6.66. The number of ketones is 1. The minimum absolute atomic E-state index is 0.0832. The zero-order valence-corrected chi connectivity index (χ0v) is 17.3. The lowest BCUT2D eigenvalue weighted by Crippen LogP contribution is -2.53. The molecule has 1 saturated heterocycles. The highest BCUT2D eigenvalue weighted by Gasteiger charge is 2.31. The lowest BCUT2D eigenvalue weighted by molar-refractivity contribution is -0.123. The summed E-state index contributed by atoms with van der Waals surface area (Å²) in [5, 5.41) is 13.9. The van der Waals surface area contributed by atoms with Crippen LogP contribution in [-0.2, 0) is 16.1 Å². The molecule has 0 saturated carbocycles. The maximum absolute atomic E-state index is 12.7. The smallest absolute Gasteiger partial charge is 0.261 e. The van der Waals surface area contributed by atoms with E-state index in [2.05, 4.69) is 10.3 Å². The van der Waals surface area contributed by atoms with E-state index in [0.29, 0.717) is 28.9 Å². The van der Waals surface area contributed by atoms with Crippen LogP contribution >= 0.6 is 11.6 Å². The first-order valence-electron chi connectivity index (χ1n) is 9.60. The fourth-order valence-corrected chi connectivity index (χ4v) is 3.83. The number of aliphatic hydroxyl groups is 1. The fourth-order valence-electron chi connectivity index (χ4n) is 3.66. The number of fused-ring (bicyclic) bond motifs is 1. The van der Waals surface area contributed by atoms with Gasteiger partial charge in [0.25, 0.3) is 5.56 Å². The van der Waals surface area contributed by atoms with Crippen LogP contribution in [0.4, 0.5) is 0 Å². The van der Waals surface area contributed by atoms with Crippen LogP contribution in [0, 0.1) is 6.92 Å². The van der Waals surface area contributed by atoms with Gasteiger partial charge in [0, 0.05) is 31.0 Å². The summed E-state index contributed by atoms with van der Waals surface area (Å²) in [6.45, 7) is 4.09. The van der Waals surface area contributed by atoms with E-state index in [1.54, 1.807) is 12.1 Å². The molecule has 1 aromatic carbocycles. The molecule has 29 heavy (non-hydrogen) atoms. The van der Waals surface area contributed by atoms with Gasteiger partial charge in [-0.1, -0.05) is 11.6 Å². The molecule has 1 aliphatic heterocycles. The third-order valence-electron chi connectivity index (χ3n) is 5.28. The van der Waals surface area contributed by atoms with Crippen molar-refractivity contribution in [2.45, 2.75) is 51.8 Å². The van der Waals surface area contributed by atoms with Crippen LogP contribution in [0.3, 0.4) is 0 Å². The Morgan fingerprint density at radius 3 is 2.86 bits per heavy atom. The van der Waals surface area contributed by atoms with Crippen molar-refractivity contribution >= 4 is 34.2 Å². The predicted molar refractivity (Wildman–Crippen MR) is 110 cm³/mol. The number of rotatable bonds is 6. The lowest BCUT2D eigenvalue weighted by atomic mass is 9.95. The largest absolute Gasteiger partial charge is 0.391 e. The molecule has 1 aliphatic rings. The Balaban J connectivity index is 1.75. The summed E-state index contributed by atoms with van der Waals surface area (Å²) in [6, 6.07) is 2.91. The summed E-state index contributed by atoms with van der Waals surface area (Å²) in [5.41, 5.74) is 1.03. The molecule has 0 aliphatic carbocycles. The molecule has 1 fully saturated rings. The van der Waals surface area contributed by atoms with Gasteiger partial charge in [0.1, 0.15) is 0 Å². The number of hydrogen-bond acceptors (Lipinski definition) is 6. The Bertz CT molecular complexity index is 990. The predicted octanol–water partition coefficient (Wildman–Crippen LogP) is 1.24. The number of aryl methyl sites for hydroxylation is 1. The van der Waals surface area contributed by atoms with E-state index in [1.165, 1.54) is 17.8 Å². The number of Topliss-reactive ketones (excluding diaryl/α,β-unsaturated/α-hetero) is 1. The summed E-state index contributed by atoms with van der Waals surface area (Å²) in [7, 11) is 0. The lowest BCUT2D eigenvalue weighted by Gasteiger charge is -2.38. The Labute approximate surface area is 173 Å². The molecule has 2 unspecified atom stereocenters. The number of nitrogens with zero attached hydrogens (tertiary/aromatic N) is 3. The van der Waals surface area contributed by atoms with Gasteiger partial charge in [-0.05, 0) is 37.5 Å². The number of aromatic nitrogens is 2. The molecule has 2 atom stereocenters. The third-order valence-corrected chi connectivity index (χ3v) is 5.68. The minimum atomic E-state index is -0.658. The summed E-state index contributed by atoms with van der Waals surface area (Å²) in [4.78, 5) is 42.8. The minimum Gasteiger partial charge on any atom is -0.391 e. The Morgan fingerprint density at radius 1 is 1.38 bits per heavy atom. The Morgan fingerprint density at radius 2 is 2.14 bits per heavy atom. The number of nitrogens with one attached hydrogen (secondary N) is 1. The second kappa shape index (κ2) is 9.02. The highest BCUT2D eigenvalue weighted by molar-refractivity contribution is 6.32. The van der Waals surface area contributed by atoms with E-state index in [-0.39, 0.29) is 36.9 Å². The zero-order valence-electron chi connectivity index (χ0n) is 16.5. The molecule has 156 valence electrons. The second-order valence-electron chi connectivity index (χ2n) is 7.52. The molecule has 1 aromatic heterocycles. The van der Waals surface area contributed by atoms with Crippen molar-refractivity contribution in [2.24, 2.45) is 0 Å². The van der Waals surface area contributed by atoms with E-state index in [0.717, 1.165) is 12.0 Å². The summed E-state index contributed by atoms with van der Waals surface area (Å²) < 4.78 is 1.27. The van der Waals surface area contributed by atoms with Gasteiger partial charge in [-0.2, -0.15) is 0 Å². The monoisotopic (exact) mass is 420 g/mol. The summed E-state index contributed by atoms with van der Waals surface area (Å²) >= 11 is 6.12. The zero-order chi connectivity index (χ0) is 21.1. The number of aliphatic hydroxyl groups excluding tert-OH is 1. The van der Waals surface area contributed by atoms with E-state index in [1.807, 2.05) is 11.8 Å². The van der Waals surface area contributed by atoms with Gasteiger partial charge in [0.05, 0.1) is 36.5 Å². The summed E-state index contributed by atoms with van der Waals surface area (Å²) in [6.07, 6.45) is 2.18. The van der Waals surface area contributed by atoms with Crippen molar-refractivity contribution in [3.8, 4) is 0 Å². The van der Waals surface area contributed by atoms with Gasteiger partial charge in [0.2, 0.25) is 5.91 Å². The normalized spacial score (nSPS) is 20.0. The van der Waals surface area contributed by atoms with Crippen LogP contribution in [0.2, 0.25) is 5.02 Å². The van der Waals surface area contributed by atoms with Crippen molar-refractivity contribution in [1.29, 1.82) is 0 Å². The van der Waals surface area contributed by atoms with E-state index in [4.69, 9.17) is 11.6 Å². The number of benzene rings is 1. The first kappa shape index (κ1) is 21.4. The number of halogens is 1. The Hall–Kier alpha value is -2.29. The van der Waals surface area contributed by atoms with E-state index < -0.39 is 12.1 Å². The number of hydrogen-bond donors (Lipinski definition) is 2. The number of carbonyl (C=O) groups is 2. The van der Waals surface area contributed by atoms with Gasteiger partial charge in [-0.15, -0.1) is 0 Å². The molecule has 0 bridgehead atoms. The third kappa shape index (κ3) is 5.01. The molecule has 0 spiro atoms. The molecule has 9 heteroatoms. The van der Waals surface area contributed by atoms with Crippen LogP contribution in [0.25, 0.3) is 10.9 Å². The van der Waals surface area contributed by atoms with Crippen LogP contribution in [0.15, 0.2) is 23.3 Å². The van der Waals surface area contributed by atoms with Gasteiger partial charge in [0.15, 0.2) is 5.78 Å². The number of carbonyl (C=O) groups excluding carboxylic acids is 2. The number of piperidine rings is 1. The highest BCUT2D eigenvalue weighted by Crippen LogP contribution is 2.21. The quantitative estimate of drug-likeness (QED) is 0.728. The molecule has 2 aromatic rings. The molecule has 8 nitrogen and oxygen atoms in total. The van der Waals surface area contributed by atoms with Crippen LogP contribution in [0.5, 0.6) is 0 Å².